The van der Waals surface area contributed by atoms with Crippen LogP contribution in [-0.2, 0) is 0 Å². The molecule has 0 saturated heterocycles. The lowest BCUT2D eigenvalue weighted by atomic mass is 10.3. The van der Waals surface area contributed by atoms with E-state index in [0.717, 1.165) is 10.7 Å². The van der Waals surface area contributed by atoms with E-state index in [-0.39, 0.29) is 0 Å². The molecular formula is C8H7ClN2. The van der Waals surface area contributed by atoms with Crippen LogP contribution in [0.1, 0.15) is 6.92 Å². The van der Waals surface area contributed by atoms with E-state index in [1.54, 1.807) is 6.92 Å². The van der Waals surface area contributed by atoms with Crippen molar-refractivity contribution >= 4 is 11.6 Å². The van der Waals surface area contributed by atoms with Gasteiger partial charge in [0.05, 0.1) is 10.7 Å². The average molecular weight is 167 g/mol. The molecule has 0 spiro atoms. The predicted molar refractivity (Wildman–Crippen MR) is 43.0 cm³/mol. The first-order valence-corrected chi connectivity index (χ1v) is 3.79. The largest absolute Gasteiger partial charge is 0.238 e. The van der Waals surface area contributed by atoms with Crippen LogP contribution < -0.4 is 10.7 Å². The molecule has 0 aliphatic carbocycles. The molecule has 1 aromatic carbocycles. The standard InChI is InChI=1S/C8H7ClN2/c1-8(9)10-6-4-2-3-5-7(6)11-8/h2-5H,1H3. The Bertz CT molecular complexity index is 358. The van der Waals surface area contributed by atoms with Crippen LogP contribution in [0.3, 0.4) is 0 Å². The summed E-state index contributed by atoms with van der Waals surface area (Å²) in [6, 6.07) is 7.67. The number of nitrogens with zero attached hydrogens (tertiary/aromatic N) is 2. The first kappa shape index (κ1) is 6.80. The maximum Gasteiger partial charge on any atom is 0.223 e. The number of alkyl halides is 1. The van der Waals surface area contributed by atoms with Gasteiger partial charge >= 0.3 is 0 Å². The number of hydrogen-bond acceptors (Lipinski definition) is 2. The summed E-state index contributed by atoms with van der Waals surface area (Å²) in [4.78, 5) is 8.37. The Hall–Kier alpha value is -0.890. The normalized spacial score (nSPS) is 18.4. The molecule has 11 heavy (non-hydrogen) atoms. The van der Waals surface area contributed by atoms with Crippen LogP contribution in [0.4, 0.5) is 0 Å². The third kappa shape index (κ3) is 1.14. The summed E-state index contributed by atoms with van der Waals surface area (Å²) in [6.07, 6.45) is 0. The molecule has 3 heteroatoms. The predicted octanol–water partition coefficient (Wildman–Crippen LogP) is 0.852. The van der Waals surface area contributed by atoms with Crippen molar-refractivity contribution < 1.29 is 0 Å². The van der Waals surface area contributed by atoms with E-state index < -0.39 is 5.12 Å². The molecule has 0 radical (unpaired) electrons. The molecule has 2 nitrogen and oxygen atoms in total. The quantitative estimate of drug-likeness (QED) is 0.403. The first-order valence-electron chi connectivity index (χ1n) is 3.41. The molecule has 0 atom stereocenters. The topological polar surface area (TPSA) is 24.7 Å². The van der Waals surface area contributed by atoms with Gasteiger partial charge in [0, 0.05) is 0 Å². The molecule has 1 heterocycles. The summed E-state index contributed by atoms with van der Waals surface area (Å²) in [5.74, 6) is 0. The van der Waals surface area contributed by atoms with Crippen LogP contribution in [0.5, 0.6) is 0 Å². The Kier molecular flexibility index (Phi) is 1.26. The summed E-state index contributed by atoms with van der Waals surface area (Å²) >= 11 is 5.90. The smallest absolute Gasteiger partial charge is 0.223 e. The zero-order chi connectivity index (χ0) is 7.90. The molecule has 0 bridgehead atoms. The number of fused-ring (bicyclic) bond motifs is 1. The van der Waals surface area contributed by atoms with Crippen LogP contribution in [0, 0.1) is 0 Å². The Morgan fingerprint density at radius 1 is 1.18 bits per heavy atom. The molecule has 56 valence electrons. The van der Waals surface area contributed by atoms with E-state index in [9.17, 15) is 0 Å². The zero-order valence-corrected chi connectivity index (χ0v) is 6.84. The molecule has 1 aliphatic heterocycles. The lowest BCUT2D eigenvalue weighted by Crippen LogP contribution is -2.19. The molecule has 1 aromatic rings. The minimum absolute atomic E-state index is 0.774. The second kappa shape index (κ2) is 2.05. The summed E-state index contributed by atoms with van der Waals surface area (Å²) in [5, 5.41) is 0.985. The molecule has 1 aliphatic rings. The maximum absolute atomic E-state index is 5.90. The minimum Gasteiger partial charge on any atom is -0.238 e. The van der Waals surface area contributed by atoms with Gasteiger partial charge in [-0.05, 0) is 19.1 Å². The van der Waals surface area contributed by atoms with E-state index >= 15 is 0 Å². The van der Waals surface area contributed by atoms with E-state index in [0.29, 0.717) is 0 Å². The van der Waals surface area contributed by atoms with Gasteiger partial charge in [-0.2, -0.15) is 0 Å². The van der Waals surface area contributed by atoms with E-state index in [1.807, 2.05) is 24.3 Å². The van der Waals surface area contributed by atoms with Gasteiger partial charge in [-0.25, -0.2) is 9.98 Å². The number of hydrogen-bond donors (Lipinski definition) is 0. The summed E-state index contributed by atoms with van der Waals surface area (Å²) in [5.41, 5.74) is 0. The fourth-order valence-electron chi connectivity index (χ4n) is 1.12. The highest BCUT2D eigenvalue weighted by Crippen LogP contribution is 2.16. The van der Waals surface area contributed by atoms with Gasteiger partial charge in [-0.15, -0.1) is 0 Å². The highest BCUT2D eigenvalue weighted by molar-refractivity contribution is 6.23. The maximum atomic E-state index is 5.90. The van der Waals surface area contributed by atoms with E-state index in [2.05, 4.69) is 9.98 Å². The first-order chi connectivity index (χ1) is 5.17. The van der Waals surface area contributed by atoms with Crippen LogP contribution >= 0.6 is 11.6 Å². The van der Waals surface area contributed by atoms with Crippen molar-refractivity contribution in [1.82, 2.24) is 0 Å². The van der Waals surface area contributed by atoms with E-state index in [1.165, 1.54) is 0 Å². The van der Waals surface area contributed by atoms with Crippen LogP contribution in [0.2, 0.25) is 0 Å². The molecule has 0 unspecified atom stereocenters. The van der Waals surface area contributed by atoms with Crippen molar-refractivity contribution in [3.63, 3.8) is 0 Å². The SMILES string of the molecule is CC1(Cl)N=c2ccccc2=N1. The molecular weight excluding hydrogens is 160 g/mol. The monoisotopic (exact) mass is 166 g/mol. The highest BCUT2D eigenvalue weighted by Gasteiger charge is 2.19. The lowest BCUT2D eigenvalue weighted by Gasteiger charge is -2.03. The molecule has 0 saturated carbocycles. The Morgan fingerprint density at radius 3 is 2.09 bits per heavy atom. The number of halogens is 1. The summed E-state index contributed by atoms with van der Waals surface area (Å²) < 4.78 is 0. The van der Waals surface area contributed by atoms with Crippen LogP contribution in [-0.4, -0.2) is 5.12 Å². The third-order valence-corrected chi connectivity index (χ3v) is 1.70. The molecule has 0 aromatic heterocycles. The molecule has 0 N–H and O–H groups in total. The van der Waals surface area contributed by atoms with Gasteiger partial charge < -0.3 is 0 Å². The van der Waals surface area contributed by atoms with Gasteiger partial charge in [0.15, 0.2) is 0 Å². The molecule has 0 fully saturated rings. The number of rotatable bonds is 0. The zero-order valence-electron chi connectivity index (χ0n) is 6.08. The van der Waals surface area contributed by atoms with Crippen molar-refractivity contribution in [3.8, 4) is 0 Å². The van der Waals surface area contributed by atoms with Crippen LogP contribution in [0.25, 0.3) is 0 Å². The van der Waals surface area contributed by atoms with Gasteiger partial charge in [0.2, 0.25) is 5.12 Å². The molecule has 2 rings (SSSR count). The number of para-hydroxylation sites is 2. The Labute approximate surface area is 69.2 Å². The Balaban J connectivity index is 2.81. The van der Waals surface area contributed by atoms with Crippen molar-refractivity contribution in [2.45, 2.75) is 12.0 Å². The van der Waals surface area contributed by atoms with Crippen molar-refractivity contribution in [2.75, 3.05) is 0 Å². The minimum atomic E-state index is -0.774. The highest BCUT2D eigenvalue weighted by atomic mass is 35.5. The summed E-state index contributed by atoms with van der Waals surface area (Å²) in [7, 11) is 0. The second-order valence-corrected chi connectivity index (χ2v) is 3.33. The lowest BCUT2D eigenvalue weighted by molar-refractivity contribution is 0.701. The van der Waals surface area contributed by atoms with Gasteiger partial charge in [-0.1, -0.05) is 23.7 Å². The number of benzene rings is 1. The van der Waals surface area contributed by atoms with Gasteiger partial charge in [0.1, 0.15) is 0 Å². The third-order valence-electron chi connectivity index (χ3n) is 1.53. The fraction of sp³-hybridized carbons (Fsp3) is 0.250. The van der Waals surface area contributed by atoms with Crippen molar-refractivity contribution in [2.24, 2.45) is 9.98 Å². The van der Waals surface area contributed by atoms with Gasteiger partial charge in [0.25, 0.3) is 0 Å². The van der Waals surface area contributed by atoms with Crippen LogP contribution in [0.15, 0.2) is 34.3 Å². The van der Waals surface area contributed by atoms with Gasteiger partial charge in [-0.3, -0.25) is 0 Å². The van der Waals surface area contributed by atoms with Crippen molar-refractivity contribution in [1.29, 1.82) is 0 Å². The van der Waals surface area contributed by atoms with Crippen molar-refractivity contribution in [3.05, 3.63) is 35.0 Å². The second-order valence-electron chi connectivity index (χ2n) is 2.62. The average Bonchev–Trinajstić information content (AvgIpc) is 2.21. The van der Waals surface area contributed by atoms with E-state index in [4.69, 9.17) is 11.6 Å². The molecule has 0 amide bonds. The summed E-state index contributed by atoms with van der Waals surface area (Å²) in [6.45, 7) is 1.77. The Morgan fingerprint density at radius 2 is 1.64 bits per heavy atom. The fourth-order valence-corrected chi connectivity index (χ4v) is 1.30.